The van der Waals surface area contributed by atoms with Crippen molar-refractivity contribution in [3.05, 3.63) is 185 Å². The number of carboxylic acids is 3. The number of rotatable bonds is 44. The van der Waals surface area contributed by atoms with E-state index in [1.54, 1.807) is 121 Å². The fourth-order valence-electron chi connectivity index (χ4n) is 13.2. The number of carbonyl (C=O) groups excluding carboxylic acids is 6. The van der Waals surface area contributed by atoms with Crippen molar-refractivity contribution in [3.63, 3.8) is 0 Å². The Hall–Kier alpha value is -10.8. The summed E-state index contributed by atoms with van der Waals surface area (Å²) in [6, 6.07) is 30.4. The first-order valence-electron chi connectivity index (χ1n) is 37.1. The van der Waals surface area contributed by atoms with Crippen LogP contribution in [0.4, 0.5) is 11.4 Å². The van der Waals surface area contributed by atoms with Crippen molar-refractivity contribution in [1.29, 1.82) is 0 Å². The lowest BCUT2D eigenvalue weighted by molar-refractivity contribution is -0.141. The topological polar surface area (TPSA) is 494 Å². The van der Waals surface area contributed by atoms with Crippen molar-refractivity contribution in [1.82, 2.24) is 42.5 Å². The van der Waals surface area contributed by atoms with E-state index in [-0.39, 0.29) is 83.8 Å². The maximum atomic E-state index is 14.7. The fraction of sp³-hybridized carbons (Fsp3) is 0.405. The summed E-state index contributed by atoms with van der Waals surface area (Å²) in [5.74, 6) is -9.15. The number of nitrogens with zero attached hydrogens (tertiary/aromatic N) is 2. The summed E-state index contributed by atoms with van der Waals surface area (Å²) in [4.78, 5) is 122. The van der Waals surface area contributed by atoms with Crippen LogP contribution in [0.1, 0.15) is 126 Å². The average molecular weight is 1670 g/mol. The van der Waals surface area contributed by atoms with Crippen LogP contribution in [0.2, 0.25) is 0 Å². The highest BCUT2D eigenvalue weighted by molar-refractivity contribution is 7.86. The van der Waals surface area contributed by atoms with Crippen molar-refractivity contribution in [2.45, 2.75) is 158 Å². The molecule has 1 aromatic heterocycles. The number of amides is 6. The van der Waals surface area contributed by atoms with E-state index in [9.17, 15) is 92.3 Å². The molecule has 0 saturated heterocycles. The average Bonchev–Trinajstić information content (AvgIpc) is 1.58. The molecule has 32 nitrogen and oxygen atoms in total. The lowest BCUT2D eigenvalue weighted by Gasteiger charge is -2.30. The number of hydrogen-bond donors (Lipinski definition) is 13. The maximum absolute atomic E-state index is 14.7. The summed E-state index contributed by atoms with van der Waals surface area (Å²) < 4.78 is 111. The van der Waals surface area contributed by atoms with Crippen LogP contribution < -0.4 is 52.3 Å². The van der Waals surface area contributed by atoms with Crippen molar-refractivity contribution >= 4 is 129 Å². The molecule has 13 N–H and O–H groups in total. The molecular formula is C79H98N10O22S4. The quantitative estimate of drug-likeness (QED) is 0.00945. The molecule has 115 heavy (non-hydrogen) atoms. The van der Waals surface area contributed by atoms with Crippen molar-refractivity contribution in [2.75, 3.05) is 60.6 Å². The van der Waals surface area contributed by atoms with E-state index in [2.05, 4.69) is 42.5 Å². The van der Waals surface area contributed by atoms with E-state index >= 15 is 0 Å². The van der Waals surface area contributed by atoms with Gasteiger partial charge in [0.05, 0.1) is 34.4 Å². The van der Waals surface area contributed by atoms with Gasteiger partial charge in [0.2, 0.25) is 35.4 Å². The third-order valence-corrected chi connectivity index (χ3v) is 21.7. The molecular weight excluding hydrogens is 1570 g/mol. The number of anilines is 2. The number of hydrogen-bond acceptors (Lipinski definition) is 19. The molecule has 1 aliphatic heterocycles. The normalized spacial score (nSPS) is 15.3. The highest BCUT2D eigenvalue weighted by Gasteiger charge is 2.44. The van der Waals surface area contributed by atoms with Gasteiger partial charge in [-0.15, -0.1) is 0 Å². The lowest BCUT2D eigenvalue weighted by atomic mass is 9.77. The number of fused-ring (bicyclic) bond motifs is 2. The molecule has 2 unspecified atom stereocenters. The van der Waals surface area contributed by atoms with Gasteiger partial charge in [-0.25, -0.2) is 22.4 Å². The van der Waals surface area contributed by atoms with E-state index < -0.39 is 166 Å². The van der Waals surface area contributed by atoms with E-state index in [4.69, 9.17) is 21.7 Å². The number of nitrogens with one attached hydrogen (secondary N) is 8. The number of carboxylic acid groups (broad SMARTS) is 3. The van der Waals surface area contributed by atoms with Gasteiger partial charge < -0.3 is 72.2 Å². The van der Waals surface area contributed by atoms with Crippen LogP contribution >= 0.6 is 12.2 Å². The van der Waals surface area contributed by atoms with Gasteiger partial charge >= 0.3 is 29.3 Å². The summed E-state index contributed by atoms with van der Waals surface area (Å²) in [5, 5.41) is 49.6. The molecule has 6 atom stereocenters. The van der Waals surface area contributed by atoms with Crippen molar-refractivity contribution in [2.24, 2.45) is 0 Å². The number of allylic oxidation sites excluding steroid dienone is 3. The fourth-order valence-corrected chi connectivity index (χ4v) is 15.0. The molecule has 620 valence electrons. The van der Waals surface area contributed by atoms with Crippen LogP contribution in [0.3, 0.4) is 0 Å². The Morgan fingerprint density at radius 2 is 1.12 bits per heavy atom. The third-order valence-electron chi connectivity index (χ3n) is 19.0. The van der Waals surface area contributed by atoms with Gasteiger partial charge in [0.15, 0.2) is 5.11 Å². The molecule has 1 aliphatic rings. The first-order chi connectivity index (χ1) is 54.2. The van der Waals surface area contributed by atoms with Crippen LogP contribution in [-0.2, 0) is 104 Å². The Morgan fingerprint density at radius 3 is 1.65 bits per heavy atom. The third kappa shape index (κ3) is 29.2. The predicted molar refractivity (Wildman–Crippen MR) is 432 cm³/mol. The van der Waals surface area contributed by atoms with E-state index in [1.807, 2.05) is 56.9 Å². The first kappa shape index (κ1) is 91.4. The SMILES string of the molecule is CCN(CCCS(=O)(=O)O)c1ccc2c(C(C)(C)C)cc(/C=C/C=C3\N(CCCS(=O)(=O)O)c4ccc(S(=O)(=O)[O-])cc4C3(C)CCCC(=O)N[C@@H](Cc3ccccc3)C(=O)NC(Cc3ccccc3)C(=O)NCC(=O)NCCNC(=O)[C@H](Cc3ccccc3)NC(=O)CC[C@H](NC(=S)N[C@@H](CCC(=O)O)C(=O)O)C(=O)O)[o+]c2c1. The Labute approximate surface area is 673 Å². The lowest BCUT2D eigenvalue weighted by Crippen LogP contribution is -2.56. The summed E-state index contributed by atoms with van der Waals surface area (Å²) in [6.45, 7) is 9.60. The van der Waals surface area contributed by atoms with E-state index in [0.717, 1.165) is 22.7 Å². The van der Waals surface area contributed by atoms with Gasteiger partial charge in [-0.05, 0) is 134 Å². The summed E-state index contributed by atoms with van der Waals surface area (Å²) in [6.07, 6.45) is 3.13. The summed E-state index contributed by atoms with van der Waals surface area (Å²) >= 11 is 5.09. The molecule has 2 heterocycles. The minimum absolute atomic E-state index is 0.0164. The molecule has 0 bridgehead atoms. The summed E-state index contributed by atoms with van der Waals surface area (Å²) in [5.41, 5.74) is 3.58. The zero-order chi connectivity index (χ0) is 84.4. The number of carbonyl (C=O) groups is 9. The molecule has 0 saturated carbocycles. The highest BCUT2D eigenvalue weighted by atomic mass is 32.2. The Kier molecular flexibility index (Phi) is 33.4. The molecule has 5 aromatic carbocycles. The maximum Gasteiger partial charge on any atom is 0.363 e. The molecule has 7 rings (SSSR count). The van der Waals surface area contributed by atoms with E-state index in [1.165, 1.54) is 12.1 Å². The molecule has 36 heteroatoms. The van der Waals surface area contributed by atoms with Crippen LogP contribution in [-0.4, -0.2) is 194 Å². The minimum atomic E-state index is -5.06. The Bertz CT molecular complexity index is 4900. The standard InChI is InChI=1S/C79H98N10O22S4/c1-6-88(40-18-42-113(102,103)104)54-29-31-57-58(78(2,3)4)48-55(111-66(57)47-54)26-16-27-67-79(5,59-49-56(115(108,109)110)30-34-65(59)89(67)41-19-43-114(105,106)107)37-17-28-68(90)84-64(46-53-24-14-9-15-25-53)74(97)85-63(45-52-22-12-8-13-23-52)73(96)82-50-70(92)80-38-39-81-72(95)62(44-51-20-10-7-11-21-51)83-69(91)35-32-60(75(98)99)86-77(112)87-61(76(100)101)33-36-71(93)94/h7-16,20-27,29-31,34,47-49,60-64H,6,17-19,28,32-33,35-46,50H2,1-5H3,(H13-,80,81,82,83,84,85,86,87,90,91,92,93,94,95,96,97,98,99,100,101,102,103,104,105,106,107,108,109,110,112)/b26-16+,67-27-/t60-,61-,62-,63?,64-,79?/m0/s1. The van der Waals surface area contributed by atoms with Gasteiger partial charge in [0.1, 0.15) is 40.3 Å². The highest BCUT2D eigenvalue weighted by Crippen LogP contribution is 2.51. The molecule has 6 aromatic rings. The number of thiocarbonyl (C=S) groups is 1. The van der Waals surface area contributed by atoms with Gasteiger partial charge in [-0.1, -0.05) is 118 Å². The smallest absolute Gasteiger partial charge is 0.363 e. The monoisotopic (exact) mass is 1670 g/mol. The predicted octanol–water partition coefficient (Wildman–Crippen LogP) is 5.69. The second-order valence-corrected chi connectivity index (χ2v) is 33.8. The number of benzene rings is 5. The van der Waals surface area contributed by atoms with Gasteiger partial charge in [0.25, 0.3) is 20.2 Å². The molecule has 0 radical (unpaired) electrons. The van der Waals surface area contributed by atoms with Gasteiger partial charge in [0, 0.05) is 106 Å². The molecule has 0 fully saturated rings. The summed E-state index contributed by atoms with van der Waals surface area (Å²) in [7, 11) is -13.7. The molecule has 6 amide bonds. The molecule has 0 aliphatic carbocycles. The van der Waals surface area contributed by atoms with Crippen LogP contribution in [0.25, 0.3) is 17.0 Å². The van der Waals surface area contributed by atoms with Crippen LogP contribution in [0, 0.1) is 0 Å². The van der Waals surface area contributed by atoms with Crippen molar-refractivity contribution < 1.29 is 102 Å². The van der Waals surface area contributed by atoms with E-state index in [0.29, 0.717) is 58.1 Å². The molecule has 0 spiro atoms. The van der Waals surface area contributed by atoms with Crippen molar-refractivity contribution in [3.8, 4) is 0 Å². The first-order valence-corrected chi connectivity index (χ1v) is 42.1. The largest absolute Gasteiger partial charge is 0.744 e. The van der Waals surface area contributed by atoms with Crippen LogP contribution in [0.5, 0.6) is 0 Å². The second kappa shape index (κ2) is 42.0. The van der Waals surface area contributed by atoms with Gasteiger partial charge in [-0.3, -0.25) is 42.7 Å². The Morgan fingerprint density at radius 1 is 0.600 bits per heavy atom. The minimum Gasteiger partial charge on any atom is -0.744 e. The van der Waals surface area contributed by atoms with Crippen LogP contribution in [0.15, 0.2) is 161 Å². The Balaban J connectivity index is 1.05. The second-order valence-electron chi connectivity index (χ2n) is 28.8. The number of aliphatic carboxylic acids is 3. The zero-order valence-corrected chi connectivity index (χ0v) is 67.4. The zero-order valence-electron chi connectivity index (χ0n) is 64.2. The van der Waals surface area contributed by atoms with Gasteiger partial charge in [-0.2, -0.15) is 16.8 Å².